The Morgan fingerprint density at radius 2 is 1.70 bits per heavy atom. The molecule has 0 bridgehead atoms. The van der Waals surface area contributed by atoms with Crippen molar-refractivity contribution in [3.05, 3.63) is 29.8 Å². The molecule has 1 unspecified atom stereocenters. The van der Waals surface area contributed by atoms with Gasteiger partial charge in [0.1, 0.15) is 5.75 Å². The second-order valence-electron chi connectivity index (χ2n) is 5.76. The number of ether oxygens (including phenoxy) is 3. The maximum atomic E-state index is 5.91. The van der Waals surface area contributed by atoms with Crippen LogP contribution in [0.2, 0.25) is 0 Å². The van der Waals surface area contributed by atoms with Crippen LogP contribution >= 0.6 is 0 Å². The van der Waals surface area contributed by atoms with Crippen molar-refractivity contribution in [2.45, 2.75) is 32.4 Å². The van der Waals surface area contributed by atoms with Crippen molar-refractivity contribution in [2.24, 2.45) is 0 Å². The third kappa shape index (κ3) is 6.37. The van der Waals surface area contributed by atoms with Gasteiger partial charge in [-0.05, 0) is 38.5 Å². The van der Waals surface area contributed by atoms with Gasteiger partial charge >= 0.3 is 0 Å². The molecule has 0 aliphatic heterocycles. The first-order valence-corrected chi connectivity index (χ1v) is 6.96. The van der Waals surface area contributed by atoms with Gasteiger partial charge in [-0.3, -0.25) is 0 Å². The van der Waals surface area contributed by atoms with Gasteiger partial charge in [0.25, 0.3) is 0 Å². The van der Waals surface area contributed by atoms with Crippen molar-refractivity contribution in [3.8, 4) is 5.75 Å². The number of hydrogen-bond acceptors (Lipinski definition) is 4. The Bertz CT molecular complexity index is 370. The van der Waals surface area contributed by atoms with Crippen LogP contribution in [-0.2, 0) is 9.47 Å². The molecule has 0 spiro atoms. The molecular formula is C16H27NO3. The zero-order chi connectivity index (χ0) is 15.0. The molecule has 0 saturated carbocycles. The second kappa shape index (κ2) is 8.25. The average Bonchev–Trinajstić information content (AvgIpc) is 2.42. The van der Waals surface area contributed by atoms with E-state index in [9.17, 15) is 0 Å². The van der Waals surface area contributed by atoms with E-state index in [-0.39, 0.29) is 11.6 Å². The minimum atomic E-state index is 0.00952. The smallest absolute Gasteiger partial charge is 0.118 e. The van der Waals surface area contributed by atoms with E-state index in [1.807, 2.05) is 24.3 Å². The fourth-order valence-electron chi connectivity index (χ4n) is 1.76. The Labute approximate surface area is 122 Å². The summed E-state index contributed by atoms with van der Waals surface area (Å²) in [5.41, 5.74) is 1.20. The third-order valence-corrected chi connectivity index (χ3v) is 2.91. The number of benzene rings is 1. The Balaban J connectivity index is 2.68. The summed E-state index contributed by atoms with van der Waals surface area (Å²) >= 11 is 0. The van der Waals surface area contributed by atoms with Crippen LogP contribution in [0.4, 0.5) is 0 Å². The Kier molecular flexibility index (Phi) is 6.99. The van der Waals surface area contributed by atoms with Crippen molar-refractivity contribution in [3.63, 3.8) is 0 Å². The quantitative estimate of drug-likeness (QED) is 0.744. The summed E-state index contributed by atoms with van der Waals surface area (Å²) in [6.07, 6.45) is 0.00952. The Hall–Kier alpha value is -1.10. The van der Waals surface area contributed by atoms with E-state index in [0.29, 0.717) is 13.2 Å². The van der Waals surface area contributed by atoms with E-state index in [0.717, 1.165) is 17.9 Å². The lowest BCUT2D eigenvalue weighted by Crippen LogP contribution is -2.39. The maximum absolute atomic E-state index is 5.91. The molecule has 20 heavy (non-hydrogen) atoms. The zero-order valence-corrected chi connectivity index (χ0v) is 13.2. The summed E-state index contributed by atoms with van der Waals surface area (Å²) in [5, 5.41) is 3.48. The van der Waals surface area contributed by atoms with Crippen LogP contribution in [-0.4, -0.2) is 39.5 Å². The number of rotatable bonds is 8. The van der Waals surface area contributed by atoms with Crippen LogP contribution < -0.4 is 10.1 Å². The molecule has 1 N–H and O–H groups in total. The molecular weight excluding hydrogens is 254 g/mol. The first-order valence-electron chi connectivity index (χ1n) is 6.96. The molecule has 1 rings (SSSR count). The van der Waals surface area contributed by atoms with Crippen molar-refractivity contribution < 1.29 is 14.2 Å². The predicted octanol–water partition coefficient (Wildman–Crippen LogP) is 2.79. The zero-order valence-electron chi connectivity index (χ0n) is 13.2. The van der Waals surface area contributed by atoms with Crippen LogP contribution in [0.1, 0.15) is 32.4 Å². The van der Waals surface area contributed by atoms with E-state index >= 15 is 0 Å². The number of hydrogen-bond donors (Lipinski definition) is 1. The molecule has 0 aliphatic carbocycles. The lowest BCUT2D eigenvalue weighted by Gasteiger charge is -2.26. The van der Waals surface area contributed by atoms with Gasteiger partial charge in [-0.1, -0.05) is 12.1 Å². The van der Waals surface area contributed by atoms with Gasteiger partial charge in [-0.15, -0.1) is 0 Å². The third-order valence-electron chi connectivity index (χ3n) is 2.91. The molecule has 0 aromatic heterocycles. The molecule has 1 aromatic rings. The summed E-state index contributed by atoms with van der Waals surface area (Å²) in [4.78, 5) is 0. The van der Waals surface area contributed by atoms with Crippen LogP contribution in [0.15, 0.2) is 24.3 Å². The van der Waals surface area contributed by atoms with Gasteiger partial charge < -0.3 is 19.5 Å². The highest BCUT2D eigenvalue weighted by Crippen LogP contribution is 2.21. The summed E-state index contributed by atoms with van der Waals surface area (Å²) < 4.78 is 16.1. The SMILES string of the molecule is COCCOC(CNC(C)(C)C)c1ccc(OC)cc1. The van der Waals surface area contributed by atoms with Crippen LogP contribution in [0.25, 0.3) is 0 Å². The molecule has 0 aliphatic rings. The van der Waals surface area contributed by atoms with E-state index in [1.54, 1.807) is 14.2 Å². The highest BCUT2D eigenvalue weighted by atomic mass is 16.5. The minimum Gasteiger partial charge on any atom is -0.497 e. The molecule has 4 nitrogen and oxygen atoms in total. The molecule has 4 heteroatoms. The molecule has 0 saturated heterocycles. The molecule has 0 amide bonds. The monoisotopic (exact) mass is 281 g/mol. The van der Waals surface area contributed by atoms with Crippen molar-refractivity contribution in [2.75, 3.05) is 34.0 Å². The second-order valence-corrected chi connectivity index (χ2v) is 5.76. The number of nitrogens with one attached hydrogen (secondary N) is 1. The first-order chi connectivity index (χ1) is 9.46. The van der Waals surface area contributed by atoms with Gasteiger partial charge in [-0.2, -0.15) is 0 Å². The van der Waals surface area contributed by atoms with Crippen molar-refractivity contribution >= 4 is 0 Å². The summed E-state index contributed by atoms with van der Waals surface area (Å²) in [6.45, 7) is 8.38. The highest BCUT2D eigenvalue weighted by molar-refractivity contribution is 5.28. The van der Waals surface area contributed by atoms with Gasteiger partial charge in [0, 0.05) is 19.2 Å². The van der Waals surface area contributed by atoms with Crippen LogP contribution in [0, 0.1) is 0 Å². The summed E-state index contributed by atoms with van der Waals surface area (Å²) in [5.74, 6) is 0.855. The Morgan fingerprint density at radius 3 is 2.20 bits per heavy atom. The van der Waals surface area contributed by atoms with Gasteiger partial charge in [-0.25, -0.2) is 0 Å². The molecule has 0 heterocycles. The van der Waals surface area contributed by atoms with Crippen LogP contribution in [0.5, 0.6) is 5.75 Å². The van der Waals surface area contributed by atoms with Gasteiger partial charge in [0.05, 0.1) is 26.4 Å². The fourth-order valence-corrected chi connectivity index (χ4v) is 1.76. The fraction of sp³-hybridized carbons (Fsp3) is 0.625. The van der Waals surface area contributed by atoms with Crippen molar-refractivity contribution in [1.29, 1.82) is 0 Å². The molecule has 0 fully saturated rings. The van der Waals surface area contributed by atoms with E-state index in [2.05, 4.69) is 26.1 Å². The predicted molar refractivity (Wildman–Crippen MR) is 81.3 cm³/mol. The maximum Gasteiger partial charge on any atom is 0.118 e. The standard InChI is InChI=1S/C16H27NO3/c1-16(2,3)17-12-15(20-11-10-18-4)13-6-8-14(19-5)9-7-13/h6-9,15,17H,10-12H2,1-5H3. The largest absolute Gasteiger partial charge is 0.497 e. The van der Waals surface area contributed by atoms with E-state index in [4.69, 9.17) is 14.2 Å². The lowest BCUT2D eigenvalue weighted by molar-refractivity contribution is 0.0139. The molecule has 114 valence electrons. The summed E-state index contributed by atoms with van der Waals surface area (Å²) in [7, 11) is 3.35. The first kappa shape index (κ1) is 17.0. The van der Waals surface area contributed by atoms with Crippen LogP contribution in [0.3, 0.4) is 0 Å². The summed E-state index contributed by atoms with van der Waals surface area (Å²) in [6, 6.07) is 8.00. The molecule has 1 atom stereocenters. The minimum absolute atomic E-state index is 0.00952. The van der Waals surface area contributed by atoms with Gasteiger partial charge in [0.2, 0.25) is 0 Å². The van der Waals surface area contributed by atoms with E-state index < -0.39 is 0 Å². The highest BCUT2D eigenvalue weighted by Gasteiger charge is 2.16. The normalized spacial score (nSPS) is 13.2. The van der Waals surface area contributed by atoms with Crippen molar-refractivity contribution in [1.82, 2.24) is 5.32 Å². The average molecular weight is 281 g/mol. The molecule has 0 radical (unpaired) electrons. The number of methoxy groups -OCH3 is 2. The Morgan fingerprint density at radius 1 is 1.05 bits per heavy atom. The molecule has 1 aromatic carbocycles. The van der Waals surface area contributed by atoms with E-state index in [1.165, 1.54) is 0 Å². The lowest BCUT2D eigenvalue weighted by atomic mass is 10.1. The topological polar surface area (TPSA) is 39.7 Å². The van der Waals surface area contributed by atoms with Gasteiger partial charge in [0.15, 0.2) is 0 Å².